The van der Waals surface area contributed by atoms with Crippen molar-refractivity contribution in [3.05, 3.63) is 0 Å². The largest absolute Gasteiger partial charge is 0.503 e. The molecule has 0 aromatic rings. The summed E-state index contributed by atoms with van der Waals surface area (Å²) >= 11 is 0. The molecule has 0 atom stereocenters. The van der Waals surface area contributed by atoms with Crippen LogP contribution in [-0.4, -0.2) is 33.4 Å². The topological polar surface area (TPSA) is 29.5 Å². The quantitative estimate of drug-likeness (QED) is 0.613. The Morgan fingerprint density at radius 1 is 1.23 bits per heavy atom. The Bertz CT molecular complexity index is 194. The number of carbonyl (C=O) groups excluding carboxylic acids is 1. The third-order valence-corrected chi connectivity index (χ3v) is 6.81. The van der Waals surface area contributed by atoms with Crippen LogP contribution in [0.2, 0.25) is 18.1 Å². The van der Waals surface area contributed by atoms with Crippen LogP contribution in [0.25, 0.3) is 0 Å². The molecule has 0 saturated carbocycles. The average Bonchev–Trinajstić information content (AvgIpc) is 1.83. The highest BCUT2D eigenvalue weighted by atomic mass is 28.4. The Balaban J connectivity index is 4.44. The number of carbonyl (C=O) groups is 1. The normalized spacial score (nSPS) is 12.5. The fourth-order valence-electron chi connectivity index (χ4n) is 0.463. The van der Waals surface area contributed by atoms with Gasteiger partial charge in [-0.3, -0.25) is 0 Å². The second-order valence-corrected chi connectivity index (χ2v) is 9.75. The number of nitrogens with zero attached hydrogens (tertiary/aromatic N) is 1. The molecule has 0 rings (SSSR count). The molecule has 0 fully saturated rings. The number of hydrogen-bond donors (Lipinski definition) is 0. The first-order valence-corrected chi connectivity index (χ1v) is 7.39. The van der Waals surface area contributed by atoms with Gasteiger partial charge in [-0.2, -0.15) is 0 Å². The lowest BCUT2D eigenvalue weighted by atomic mass is 10.2. The maximum absolute atomic E-state index is 11.3. The van der Waals surface area contributed by atoms with Crippen molar-refractivity contribution in [2.24, 2.45) is 0 Å². The highest BCUT2D eigenvalue weighted by Gasteiger charge is 2.40. The molecular weight excluding hydrogens is 182 g/mol. The molecule has 0 N–H and O–H groups in total. The zero-order valence-electron chi connectivity index (χ0n) is 9.76. The minimum Gasteiger partial charge on any atom is -0.503 e. The van der Waals surface area contributed by atoms with Crippen molar-refractivity contribution in [2.45, 2.75) is 38.9 Å². The molecule has 1 amide bonds. The van der Waals surface area contributed by atoms with Gasteiger partial charge in [-0.1, -0.05) is 20.8 Å². The van der Waals surface area contributed by atoms with Crippen LogP contribution in [0.3, 0.4) is 0 Å². The molecule has 0 radical (unpaired) electrons. The summed E-state index contributed by atoms with van der Waals surface area (Å²) in [4.78, 5) is 12.8. The predicted octanol–water partition coefficient (Wildman–Crippen LogP) is 2.69. The van der Waals surface area contributed by atoms with Crippen molar-refractivity contribution in [1.82, 2.24) is 4.90 Å². The van der Waals surface area contributed by atoms with E-state index in [1.807, 2.05) is 0 Å². The Morgan fingerprint density at radius 2 is 1.62 bits per heavy atom. The van der Waals surface area contributed by atoms with Gasteiger partial charge in [0.2, 0.25) is 0 Å². The molecule has 0 aromatic carbocycles. The van der Waals surface area contributed by atoms with E-state index >= 15 is 0 Å². The van der Waals surface area contributed by atoms with Gasteiger partial charge in [-0.15, -0.1) is 0 Å². The van der Waals surface area contributed by atoms with Crippen LogP contribution >= 0.6 is 0 Å². The lowest BCUT2D eigenvalue weighted by molar-refractivity contribution is 0.166. The molecule has 3 nitrogen and oxygen atoms in total. The number of hydrogen-bond acceptors (Lipinski definition) is 2. The van der Waals surface area contributed by atoms with Gasteiger partial charge in [-0.05, 0) is 18.1 Å². The third-order valence-electron chi connectivity index (χ3n) is 2.51. The zero-order chi connectivity index (χ0) is 10.9. The first-order chi connectivity index (χ1) is 5.58. The molecule has 0 aliphatic carbocycles. The molecule has 4 heteroatoms. The van der Waals surface area contributed by atoms with Crippen molar-refractivity contribution >= 4 is 14.4 Å². The smallest absolute Gasteiger partial charge is 0.395 e. The first-order valence-electron chi connectivity index (χ1n) is 4.48. The summed E-state index contributed by atoms with van der Waals surface area (Å²) in [6.07, 6.45) is -0.230. The molecule has 0 unspecified atom stereocenters. The molecule has 0 spiro atoms. The molecular formula is C9H21NO2Si. The Labute approximate surface area is 82.2 Å². The fraction of sp³-hybridized carbons (Fsp3) is 0.889. The van der Waals surface area contributed by atoms with Crippen molar-refractivity contribution in [3.8, 4) is 0 Å². The van der Waals surface area contributed by atoms with Gasteiger partial charge >= 0.3 is 6.09 Å². The number of rotatable bonds is 1. The minimum absolute atomic E-state index is 0.0820. The molecule has 0 aromatic heterocycles. The van der Waals surface area contributed by atoms with Gasteiger partial charge in [0.1, 0.15) is 0 Å². The van der Waals surface area contributed by atoms with Gasteiger partial charge < -0.3 is 9.33 Å². The van der Waals surface area contributed by atoms with E-state index in [9.17, 15) is 4.79 Å². The van der Waals surface area contributed by atoms with E-state index in [2.05, 4.69) is 33.9 Å². The van der Waals surface area contributed by atoms with E-state index in [1.54, 1.807) is 14.1 Å². The summed E-state index contributed by atoms with van der Waals surface area (Å²) in [6.45, 7) is 10.5. The summed E-state index contributed by atoms with van der Waals surface area (Å²) in [6, 6.07) is 0. The van der Waals surface area contributed by atoms with Crippen molar-refractivity contribution < 1.29 is 9.22 Å². The summed E-state index contributed by atoms with van der Waals surface area (Å²) in [5.74, 6) is 0. The SMILES string of the molecule is CN(C)C(=O)O[Si](C)(C)C(C)(C)C. The minimum atomic E-state index is -1.92. The van der Waals surface area contributed by atoms with Gasteiger partial charge in [-0.25, -0.2) is 4.79 Å². The van der Waals surface area contributed by atoms with E-state index in [4.69, 9.17) is 4.43 Å². The molecule has 0 bridgehead atoms. The number of amides is 1. The predicted molar refractivity (Wildman–Crippen MR) is 57.4 cm³/mol. The van der Waals surface area contributed by atoms with Crippen LogP contribution in [0.5, 0.6) is 0 Å². The molecule has 0 saturated heterocycles. The molecule has 78 valence electrons. The molecule has 0 heterocycles. The maximum atomic E-state index is 11.3. The van der Waals surface area contributed by atoms with Gasteiger partial charge in [0.25, 0.3) is 8.32 Å². The zero-order valence-corrected chi connectivity index (χ0v) is 10.8. The van der Waals surface area contributed by atoms with E-state index < -0.39 is 8.32 Å². The van der Waals surface area contributed by atoms with Crippen molar-refractivity contribution in [1.29, 1.82) is 0 Å². The average molecular weight is 203 g/mol. The van der Waals surface area contributed by atoms with Crippen LogP contribution in [0.15, 0.2) is 0 Å². The second kappa shape index (κ2) is 3.70. The van der Waals surface area contributed by atoms with Crippen LogP contribution < -0.4 is 0 Å². The van der Waals surface area contributed by atoms with Gasteiger partial charge in [0, 0.05) is 14.1 Å². The highest BCUT2D eigenvalue weighted by Crippen LogP contribution is 2.36. The second-order valence-electron chi connectivity index (χ2n) is 5.02. The third kappa shape index (κ3) is 3.38. The summed E-state index contributed by atoms with van der Waals surface area (Å²) in [7, 11) is 1.49. The standard InChI is InChI=1S/C9H21NO2Si/c1-9(2,3)13(6,7)12-8(11)10(4)5/h1-7H3. The van der Waals surface area contributed by atoms with E-state index in [1.165, 1.54) is 4.90 Å². The van der Waals surface area contributed by atoms with Gasteiger partial charge in [0.05, 0.1) is 0 Å². The lowest BCUT2D eigenvalue weighted by Gasteiger charge is -2.36. The van der Waals surface area contributed by atoms with Crippen molar-refractivity contribution in [2.75, 3.05) is 14.1 Å². The Kier molecular flexibility index (Phi) is 3.55. The monoisotopic (exact) mass is 203 g/mol. The Hall–Kier alpha value is -0.513. The van der Waals surface area contributed by atoms with E-state index in [0.717, 1.165) is 0 Å². The maximum Gasteiger partial charge on any atom is 0.395 e. The van der Waals surface area contributed by atoms with Crippen LogP contribution in [0.4, 0.5) is 4.79 Å². The molecule has 0 aliphatic heterocycles. The van der Waals surface area contributed by atoms with Gasteiger partial charge in [0.15, 0.2) is 0 Å². The fourth-order valence-corrected chi connectivity index (χ4v) is 1.39. The first kappa shape index (κ1) is 12.5. The highest BCUT2D eigenvalue weighted by molar-refractivity contribution is 6.75. The Morgan fingerprint density at radius 3 is 1.85 bits per heavy atom. The van der Waals surface area contributed by atoms with Crippen molar-refractivity contribution in [3.63, 3.8) is 0 Å². The van der Waals surface area contributed by atoms with Crippen LogP contribution in [-0.2, 0) is 4.43 Å². The molecule has 13 heavy (non-hydrogen) atoms. The summed E-state index contributed by atoms with van der Waals surface area (Å²) in [5.41, 5.74) is 0. The lowest BCUT2D eigenvalue weighted by Crippen LogP contribution is -2.45. The summed E-state index contributed by atoms with van der Waals surface area (Å²) < 4.78 is 5.49. The van der Waals surface area contributed by atoms with Crippen LogP contribution in [0, 0.1) is 0 Å². The van der Waals surface area contributed by atoms with E-state index in [0.29, 0.717) is 0 Å². The van der Waals surface area contributed by atoms with Crippen LogP contribution in [0.1, 0.15) is 20.8 Å². The summed E-state index contributed by atoms with van der Waals surface area (Å²) in [5, 5.41) is 0.0820. The molecule has 0 aliphatic rings. The van der Waals surface area contributed by atoms with E-state index in [-0.39, 0.29) is 11.1 Å².